The Balaban J connectivity index is 1.49. The predicted molar refractivity (Wildman–Crippen MR) is 143 cm³/mol. The van der Waals surface area contributed by atoms with Gasteiger partial charge >= 0.3 is 0 Å². The van der Waals surface area contributed by atoms with Gasteiger partial charge in [-0.3, -0.25) is 4.79 Å². The third-order valence-electron chi connectivity index (χ3n) is 6.32. The zero-order valence-corrected chi connectivity index (χ0v) is 19.5. The maximum Gasteiger partial charge on any atom is 0.266 e. The molecule has 1 aromatic heterocycles. The van der Waals surface area contributed by atoms with Gasteiger partial charge in [0.25, 0.3) is 5.91 Å². The van der Waals surface area contributed by atoms with Crippen molar-refractivity contribution in [2.75, 3.05) is 5.32 Å². The van der Waals surface area contributed by atoms with Crippen molar-refractivity contribution in [3.63, 3.8) is 0 Å². The Labute approximate surface area is 204 Å². The summed E-state index contributed by atoms with van der Waals surface area (Å²) in [6.07, 6.45) is 4.63. The van der Waals surface area contributed by atoms with Gasteiger partial charge in [-0.1, -0.05) is 79.7 Å². The Kier molecular flexibility index (Phi) is 6.15. The second kappa shape index (κ2) is 9.70. The molecular weight excluding hydrogens is 430 g/mol. The van der Waals surface area contributed by atoms with Crippen LogP contribution in [-0.4, -0.2) is 10.5 Å². The van der Waals surface area contributed by atoms with Gasteiger partial charge in [-0.05, 0) is 52.6 Å². The summed E-state index contributed by atoms with van der Waals surface area (Å²) >= 11 is 0. The molecule has 1 N–H and O–H groups in total. The molecule has 0 aliphatic heterocycles. The number of nitriles is 1. The van der Waals surface area contributed by atoms with Crippen LogP contribution in [0.15, 0.2) is 103 Å². The number of para-hydroxylation sites is 1. The van der Waals surface area contributed by atoms with Gasteiger partial charge < -0.3 is 9.88 Å². The molecule has 170 valence electrons. The van der Waals surface area contributed by atoms with Gasteiger partial charge in [-0.15, -0.1) is 0 Å². The van der Waals surface area contributed by atoms with Crippen molar-refractivity contribution in [1.82, 2.24) is 4.57 Å². The first-order valence-electron chi connectivity index (χ1n) is 11.7. The van der Waals surface area contributed by atoms with Gasteiger partial charge in [0.2, 0.25) is 0 Å². The Morgan fingerprint density at radius 3 is 2.40 bits per heavy atom. The minimum absolute atomic E-state index is 0.0673. The first kappa shape index (κ1) is 22.2. The van der Waals surface area contributed by atoms with E-state index in [1.807, 2.05) is 54.7 Å². The summed E-state index contributed by atoms with van der Waals surface area (Å²) in [6.45, 7) is 2.77. The van der Waals surface area contributed by atoms with Crippen molar-refractivity contribution in [2.24, 2.45) is 0 Å². The summed E-state index contributed by atoms with van der Waals surface area (Å²) < 4.78 is 2.18. The zero-order valence-electron chi connectivity index (χ0n) is 19.5. The molecule has 0 saturated heterocycles. The van der Waals surface area contributed by atoms with Crippen LogP contribution < -0.4 is 5.32 Å². The number of benzene rings is 4. The van der Waals surface area contributed by atoms with Gasteiger partial charge in [-0.2, -0.15) is 5.26 Å². The second-order valence-electron chi connectivity index (χ2n) is 8.54. The number of rotatable bonds is 6. The lowest BCUT2D eigenvalue weighted by atomic mass is 10.0. The monoisotopic (exact) mass is 455 g/mol. The molecule has 0 aliphatic rings. The maximum atomic E-state index is 12.9. The van der Waals surface area contributed by atoms with E-state index in [9.17, 15) is 10.1 Å². The van der Waals surface area contributed by atoms with Crippen LogP contribution >= 0.6 is 0 Å². The number of nitrogens with one attached hydrogen (secondary N) is 1. The average Bonchev–Trinajstić information content (AvgIpc) is 3.25. The van der Waals surface area contributed by atoms with Crippen molar-refractivity contribution in [3.05, 3.63) is 119 Å². The highest BCUT2D eigenvalue weighted by Gasteiger charge is 2.13. The number of nitrogens with zero attached hydrogens (tertiary/aromatic N) is 2. The summed E-state index contributed by atoms with van der Waals surface area (Å²) in [7, 11) is 0. The summed E-state index contributed by atoms with van der Waals surface area (Å²) in [6, 6.07) is 32.5. The number of hydrogen-bond donors (Lipinski definition) is 1. The Hall–Kier alpha value is -4.62. The van der Waals surface area contributed by atoms with E-state index < -0.39 is 5.91 Å². The lowest BCUT2D eigenvalue weighted by Gasteiger charge is -2.09. The molecule has 0 bridgehead atoms. The maximum absolute atomic E-state index is 12.9. The fraction of sp³-hybridized carbons (Fsp3) is 0.0968. The normalized spacial score (nSPS) is 11.5. The van der Waals surface area contributed by atoms with Gasteiger partial charge in [-0.25, -0.2) is 0 Å². The molecule has 0 spiro atoms. The third-order valence-corrected chi connectivity index (χ3v) is 6.32. The van der Waals surface area contributed by atoms with Crippen molar-refractivity contribution < 1.29 is 4.79 Å². The molecule has 35 heavy (non-hydrogen) atoms. The predicted octanol–water partition coefficient (Wildman–Crippen LogP) is 6.95. The van der Waals surface area contributed by atoms with E-state index in [-0.39, 0.29) is 5.57 Å². The van der Waals surface area contributed by atoms with E-state index in [1.54, 1.807) is 6.08 Å². The van der Waals surface area contributed by atoms with Crippen molar-refractivity contribution >= 4 is 39.3 Å². The molecular formula is C31H25N3O. The van der Waals surface area contributed by atoms with E-state index in [0.29, 0.717) is 12.2 Å². The first-order valence-corrected chi connectivity index (χ1v) is 11.7. The smallest absolute Gasteiger partial charge is 0.266 e. The van der Waals surface area contributed by atoms with E-state index in [1.165, 1.54) is 21.9 Å². The molecule has 0 unspecified atom stereocenters. The van der Waals surface area contributed by atoms with Gasteiger partial charge in [0.1, 0.15) is 11.6 Å². The summed E-state index contributed by atoms with van der Waals surface area (Å²) in [4.78, 5) is 12.9. The molecule has 4 nitrogen and oxygen atoms in total. The van der Waals surface area contributed by atoms with Gasteiger partial charge in [0, 0.05) is 34.9 Å². The largest absolute Gasteiger partial charge is 0.342 e. The van der Waals surface area contributed by atoms with Crippen LogP contribution in [-0.2, 0) is 17.8 Å². The minimum Gasteiger partial charge on any atom is -0.342 e. The average molecular weight is 456 g/mol. The molecule has 1 amide bonds. The van der Waals surface area contributed by atoms with E-state index in [4.69, 9.17) is 0 Å². The zero-order chi connectivity index (χ0) is 24.2. The van der Waals surface area contributed by atoms with Crippen molar-refractivity contribution in [1.29, 1.82) is 5.26 Å². The van der Waals surface area contributed by atoms with Crippen LogP contribution in [0.1, 0.15) is 23.6 Å². The molecule has 0 atom stereocenters. The van der Waals surface area contributed by atoms with Crippen LogP contribution in [0.2, 0.25) is 0 Å². The molecule has 0 saturated carbocycles. The molecule has 4 aromatic carbocycles. The third kappa shape index (κ3) is 4.58. The highest BCUT2D eigenvalue weighted by atomic mass is 16.1. The number of amides is 1. The molecule has 0 radical (unpaired) electrons. The molecule has 1 heterocycles. The van der Waals surface area contributed by atoms with Crippen LogP contribution in [0.5, 0.6) is 0 Å². The highest BCUT2D eigenvalue weighted by molar-refractivity contribution is 6.10. The number of carbonyl (C=O) groups excluding carboxylic acids is 1. The molecule has 4 heteroatoms. The minimum atomic E-state index is -0.414. The summed E-state index contributed by atoms with van der Waals surface area (Å²) in [5.74, 6) is -0.414. The van der Waals surface area contributed by atoms with Gasteiger partial charge in [0.05, 0.1) is 0 Å². The summed E-state index contributed by atoms with van der Waals surface area (Å²) in [5, 5.41) is 16.0. The fourth-order valence-electron chi connectivity index (χ4n) is 4.46. The van der Waals surface area contributed by atoms with E-state index in [0.717, 1.165) is 22.9 Å². The number of aromatic nitrogens is 1. The first-order chi connectivity index (χ1) is 17.2. The Bertz CT molecular complexity index is 1600. The van der Waals surface area contributed by atoms with Crippen molar-refractivity contribution in [3.8, 4) is 6.07 Å². The van der Waals surface area contributed by atoms with Gasteiger partial charge in [0.15, 0.2) is 0 Å². The molecule has 0 aliphatic carbocycles. The number of hydrogen-bond acceptors (Lipinski definition) is 2. The quantitative estimate of drug-likeness (QED) is 0.222. The molecule has 0 fully saturated rings. The standard InChI is InChI=1S/C31H25N3O/c1-2-22-14-16-27(17-15-22)33-31(35)25(19-32)18-26-21-34(30-13-6-5-12-29(26)30)20-24-10-7-9-23-8-3-4-11-28(23)24/h3-18,21H,2,20H2,1H3,(H,33,35)/b25-18-. The van der Waals surface area contributed by atoms with Crippen molar-refractivity contribution in [2.45, 2.75) is 19.9 Å². The lowest BCUT2D eigenvalue weighted by Crippen LogP contribution is -2.13. The lowest BCUT2D eigenvalue weighted by molar-refractivity contribution is -0.112. The number of aryl methyl sites for hydroxylation is 1. The van der Waals surface area contributed by atoms with Crippen LogP contribution in [0.25, 0.3) is 27.8 Å². The van der Waals surface area contributed by atoms with E-state index in [2.05, 4.69) is 65.3 Å². The SMILES string of the molecule is CCc1ccc(NC(=O)/C(C#N)=C\c2cn(Cc3cccc4ccccc34)c3ccccc23)cc1. The second-order valence-corrected chi connectivity index (χ2v) is 8.54. The van der Waals surface area contributed by atoms with Crippen LogP contribution in [0, 0.1) is 11.3 Å². The highest BCUT2D eigenvalue weighted by Crippen LogP contribution is 2.27. The summed E-state index contributed by atoms with van der Waals surface area (Å²) in [5.41, 5.74) is 5.05. The topological polar surface area (TPSA) is 57.8 Å². The number of fused-ring (bicyclic) bond motifs is 2. The van der Waals surface area contributed by atoms with Crippen LogP contribution in [0.3, 0.4) is 0 Å². The molecule has 5 aromatic rings. The Morgan fingerprint density at radius 2 is 1.63 bits per heavy atom. The Morgan fingerprint density at radius 1 is 0.914 bits per heavy atom. The fourth-order valence-corrected chi connectivity index (χ4v) is 4.46. The molecule has 5 rings (SSSR count). The van der Waals surface area contributed by atoms with Crippen LogP contribution in [0.4, 0.5) is 5.69 Å². The van der Waals surface area contributed by atoms with E-state index >= 15 is 0 Å². The number of anilines is 1. The number of carbonyl (C=O) groups is 1.